The van der Waals surface area contributed by atoms with Gasteiger partial charge in [0, 0.05) is 16.4 Å². The maximum Gasteiger partial charge on any atom is 0.292 e. The van der Waals surface area contributed by atoms with E-state index < -0.39 is 0 Å². The van der Waals surface area contributed by atoms with Crippen molar-refractivity contribution in [1.82, 2.24) is 0 Å². The molecular formula is C31H22NO+. The van der Waals surface area contributed by atoms with Gasteiger partial charge in [0.25, 0.3) is 6.73 Å². The maximum atomic E-state index is 6.41. The number of ether oxygens (including phenoxy) is 1. The van der Waals surface area contributed by atoms with Crippen LogP contribution in [0.15, 0.2) is 85.1 Å². The van der Waals surface area contributed by atoms with Gasteiger partial charge in [-0.3, -0.25) is 0 Å². The molecule has 0 bridgehead atoms. The summed E-state index contributed by atoms with van der Waals surface area (Å²) < 4.78 is 8.73. The van der Waals surface area contributed by atoms with Gasteiger partial charge in [0.05, 0.1) is 5.56 Å². The molecule has 0 unspecified atom stereocenters. The molecule has 2 heteroatoms. The van der Waals surface area contributed by atoms with Gasteiger partial charge >= 0.3 is 0 Å². The molecule has 0 saturated carbocycles. The lowest BCUT2D eigenvalue weighted by molar-refractivity contribution is -0.716. The highest BCUT2D eigenvalue weighted by Crippen LogP contribution is 2.57. The second kappa shape index (κ2) is 5.71. The molecule has 33 heavy (non-hydrogen) atoms. The summed E-state index contributed by atoms with van der Waals surface area (Å²) in [6.07, 6.45) is 2.28. The first-order chi connectivity index (χ1) is 16.1. The van der Waals surface area contributed by atoms with Crippen LogP contribution >= 0.6 is 0 Å². The maximum absolute atomic E-state index is 6.41. The number of hydrogen-bond acceptors (Lipinski definition) is 1. The van der Waals surface area contributed by atoms with E-state index >= 15 is 0 Å². The summed E-state index contributed by atoms with van der Waals surface area (Å²) in [6, 6.07) is 28.9. The molecular weight excluding hydrogens is 402 g/mol. The van der Waals surface area contributed by atoms with Crippen molar-refractivity contribution < 1.29 is 9.30 Å². The molecule has 0 radical (unpaired) electrons. The van der Waals surface area contributed by atoms with Crippen LogP contribution in [0.5, 0.6) is 5.75 Å². The fourth-order valence-corrected chi connectivity index (χ4v) is 6.48. The Hall–Kier alpha value is -3.91. The molecule has 0 amide bonds. The summed E-state index contributed by atoms with van der Waals surface area (Å²) in [6.45, 7) is 5.32. The molecule has 2 heterocycles. The van der Waals surface area contributed by atoms with Gasteiger partial charge in [-0.2, -0.15) is 4.57 Å². The van der Waals surface area contributed by atoms with E-state index in [0.717, 1.165) is 5.75 Å². The fourth-order valence-electron chi connectivity index (χ4n) is 6.48. The predicted molar refractivity (Wildman–Crippen MR) is 135 cm³/mol. The number of nitrogens with zero attached hydrogens (tertiary/aromatic N) is 1. The van der Waals surface area contributed by atoms with Crippen molar-refractivity contribution in [2.24, 2.45) is 0 Å². The summed E-state index contributed by atoms with van der Waals surface area (Å²) >= 11 is 0. The zero-order valence-corrected chi connectivity index (χ0v) is 18.6. The Morgan fingerprint density at radius 1 is 0.667 bits per heavy atom. The smallest absolute Gasteiger partial charge is 0.292 e. The molecule has 156 valence electrons. The standard InChI is InChI=1S/C31H22NO/c1-31(2)28-23-12-11-18-7-5-6-10-22(18)25(23)15-26-27(28)30-29(31)24-14-20-9-4-3-8-19(20)13-21(24)16-32(30)17-33-26/h3-16H,17H2,1-2H3/q+1. The van der Waals surface area contributed by atoms with Crippen LogP contribution in [0.25, 0.3) is 54.3 Å². The molecule has 5 aromatic carbocycles. The van der Waals surface area contributed by atoms with Gasteiger partial charge in [-0.05, 0) is 61.5 Å². The first-order valence-corrected chi connectivity index (χ1v) is 11.6. The molecule has 1 aromatic heterocycles. The van der Waals surface area contributed by atoms with Crippen LogP contribution < -0.4 is 9.30 Å². The molecule has 0 saturated heterocycles. The third-order valence-electron chi connectivity index (χ3n) is 7.86. The Kier molecular flexibility index (Phi) is 3.05. The van der Waals surface area contributed by atoms with Crippen molar-refractivity contribution in [1.29, 1.82) is 0 Å². The zero-order valence-electron chi connectivity index (χ0n) is 18.6. The lowest BCUT2D eigenvalue weighted by atomic mass is 9.78. The van der Waals surface area contributed by atoms with E-state index in [1.165, 1.54) is 65.5 Å². The lowest BCUT2D eigenvalue weighted by Crippen LogP contribution is -2.41. The summed E-state index contributed by atoms with van der Waals surface area (Å²) in [5, 5.41) is 10.4. The first kappa shape index (κ1) is 17.6. The third-order valence-corrected chi connectivity index (χ3v) is 7.86. The number of fused-ring (bicyclic) bond motifs is 7. The highest BCUT2D eigenvalue weighted by atomic mass is 16.5. The van der Waals surface area contributed by atoms with Crippen LogP contribution in [0.4, 0.5) is 0 Å². The predicted octanol–water partition coefficient (Wildman–Crippen LogP) is 7.24. The molecule has 0 fully saturated rings. The Bertz CT molecular complexity index is 1820. The van der Waals surface area contributed by atoms with Gasteiger partial charge < -0.3 is 4.74 Å². The molecule has 0 atom stereocenters. The van der Waals surface area contributed by atoms with Crippen LogP contribution in [0.1, 0.15) is 25.0 Å². The summed E-state index contributed by atoms with van der Waals surface area (Å²) in [5.74, 6) is 1.01. The van der Waals surface area contributed by atoms with E-state index in [-0.39, 0.29) is 5.41 Å². The molecule has 0 spiro atoms. The van der Waals surface area contributed by atoms with Crippen molar-refractivity contribution in [3.05, 3.63) is 96.2 Å². The lowest BCUT2D eigenvalue weighted by Gasteiger charge is -2.23. The Labute approximate surface area is 191 Å². The van der Waals surface area contributed by atoms with Crippen LogP contribution in [0, 0.1) is 0 Å². The van der Waals surface area contributed by atoms with E-state index in [1.807, 2.05) is 0 Å². The van der Waals surface area contributed by atoms with E-state index in [4.69, 9.17) is 4.74 Å². The average Bonchev–Trinajstić information content (AvgIpc) is 3.09. The quantitative estimate of drug-likeness (QED) is 0.142. The van der Waals surface area contributed by atoms with Crippen molar-refractivity contribution in [3.8, 4) is 17.0 Å². The highest BCUT2D eigenvalue weighted by Gasteiger charge is 2.48. The molecule has 2 nitrogen and oxygen atoms in total. The van der Waals surface area contributed by atoms with Crippen molar-refractivity contribution in [2.45, 2.75) is 26.0 Å². The van der Waals surface area contributed by atoms with Crippen LogP contribution in [0.2, 0.25) is 0 Å². The zero-order chi connectivity index (χ0) is 21.9. The largest absolute Gasteiger partial charge is 0.435 e. The van der Waals surface area contributed by atoms with E-state index in [1.54, 1.807) is 0 Å². The number of aromatic nitrogens is 1. The van der Waals surface area contributed by atoms with E-state index in [2.05, 4.69) is 103 Å². The second-order valence-corrected chi connectivity index (χ2v) is 10.0. The minimum absolute atomic E-state index is 0.140. The monoisotopic (exact) mass is 424 g/mol. The van der Waals surface area contributed by atoms with Crippen LogP contribution in [-0.2, 0) is 12.1 Å². The number of rotatable bonds is 0. The van der Waals surface area contributed by atoms with E-state index in [9.17, 15) is 0 Å². The van der Waals surface area contributed by atoms with Gasteiger partial charge in [-0.15, -0.1) is 0 Å². The Balaban J connectivity index is 1.58. The third kappa shape index (κ3) is 2.07. The van der Waals surface area contributed by atoms with Crippen molar-refractivity contribution in [3.63, 3.8) is 0 Å². The minimum atomic E-state index is -0.140. The molecule has 1 aliphatic carbocycles. The molecule has 6 aromatic rings. The van der Waals surface area contributed by atoms with Gasteiger partial charge in [-0.25, -0.2) is 0 Å². The normalized spacial score (nSPS) is 15.3. The minimum Gasteiger partial charge on any atom is -0.435 e. The molecule has 2 aliphatic rings. The number of hydrogen-bond donors (Lipinski definition) is 0. The highest BCUT2D eigenvalue weighted by molar-refractivity contribution is 6.13. The van der Waals surface area contributed by atoms with Gasteiger partial charge in [0.1, 0.15) is 5.75 Å². The topological polar surface area (TPSA) is 13.1 Å². The van der Waals surface area contributed by atoms with Crippen molar-refractivity contribution >= 4 is 43.1 Å². The van der Waals surface area contributed by atoms with Gasteiger partial charge in [0.15, 0.2) is 6.20 Å². The second-order valence-electron chi connectivity index (χ2n) is 10.0. The number of benzene rings is 5. The Morgan fingerprint density at radius 3 is 2.27 bits per heavy atom. The Morgan fingerprint density at radius 2 is 1.42 bits per heavy atom. The SMILES string of the molecule is CC1(C)c2c3[n+](cc4cc5ccccc5cc24)COc2cc4c(ccc5ccccc54)c1c2-3. The van der Waals surface area contributed by atoms with Crippen LogP contribution in [-0.4, -0.2) is 0 Å². The summed E-state index contributed by atoms with van der Waals surface area (Å²) in [4.78, 5) is 0. The molecule has 8 rings (SSSR count). The van der Waals surface area contributed by atoms with Crippen LogP contribution in [0.3, 0.4) is 0 Å². The van der Waals surface area contributed by atoms with E-state index in [0.29, 0.717) is 6.73 Å². The average molecular weight is 425 g/mol. The summed E-state index contributed by atoms with van der Waals surface area (Å²) in [5.41, 5.74) is 5.28. The molecule has 0 N–H and O–H groups in total. The van der Waals surface area contributed by atoms with Gasteiger partial charge in [0.2, 0.25) is 5.69 Å². The first-order valence-electron chi connectivity index (χ1n) is 11.6. The summed E-state index contributed by atoms with van der Waals surface area (Å²) in [7, 11) is 0. The number of pyridine rings is 1. The van der Waals surface area contributed by atoms with Crippen molar-refractivity contribution in [2.75, 3.05) is 0 Å². The molecule has 1 aliphatic heterocycles. The fraction of sp³-hybridized carbons (Fsp3) is 0.129. The van der Waals surface area contributed by atoms with Gasteiger partial charge in [-0.1, -0.05) is 74.5 Å².